The first-order valence-corrected chi connectivity index (χ1v) is 3.60. The minimum Gasteiger partial charge on any atom is -0.297 e. The molecule has 0 bridgehead atoms. The third-order valence-electron chi connectivity index (χ3n) is 1.74. The largest absolute Gasteiger partial charge is 0.297 e. The molecule has 9 heavy (non-hydrogen) atoms. The second-order valence-corrected chi connectivity index (χ2v) is 2.75. The van der Waals surface area contributed by atoms with Crippen LogP contribution in [-0.2, 0) is 0 Å². The van der Waals surface area contributed by atoms with Crippen molar-refractivity contribution in [1.82, 2.24) is 4.90 Å². The summed E-state index contributed by atoms with van der Waals surface area (Å²) in [5, 5.41) is 0. The van der Waals surface area contributed by atoms with Crippen LogP contribution in [0.5, 0.6) is 0 Å². The molecule has 0 aromatic carbocycles. The van der Waals surface area contributed by atoms with Gasteiger partial charge in [-0.25, -0.2) is 0 Å². The van der Waals surface area contributed by atoms with E-state index in [0.717, 1.165) is 13.0 Å². The van der Waals surface area contributed by atoms with Gasteiger partial charge in [-0.2, -0.15) is 0 Å². The lowest BCUT2D eigenvalue weighted by molar-refractivity contribution is 0.241. The molecule has 1 nitrogen and oxygen atoms in total. The summed E-state index contributed by atoms with van der Waals surface area (Å²) in [5.74, 6) is 0. The van der Waals surface area contributed by atoms with E-state index in [-0.39, 0.29) is 0 Å². The number of hydrogen-bond donors (Lipinski definition) is 0. The van der Waals surface area contributed by atoms with Crippen LogP contribution < -0.4 is 0 Å². The van der Waals surface area contributed by atoms with E-state index < -0.39 is 0 Å². The molecule has 1 aliphatic heterocycles. The molecule has 51 valence electrons. The minimum absolute atomic E-state index is 0.698. The lowest BCUT2D eigenvalue weighted by Gasteiger charge is -2.26. The summed E-state index contributed by atoms with van der Waals surface area (Å²) >= 11 is 0. The van der Waals surface area contributed by atoms with Gasteiger partial charge in [0.1, 0.15) is 0 Å². The minimum atomic E-state index is 0.698. The zero-order valence-corrected chi connectivity index (χ0v) is 6.22. The van der Waals surface area contributed by atoms with Gasteiger partial charge in [-0.3, -0.25) is 4.90 Å². The molecule has 1 radical (unpaired) electrons. The van der Waals surface area contributed by atoms with E-state index in [2.05, 4.69) is 30.9 Å². The van der Waals surface area contributed by atoms with E-state index in [1.54, 1.807) is 0 Å². The topological polar surface area (TPSA) is 3.24 Å². The van der Waals surface area contributed by atoms with E-state index in [0.29, 0.717) is 6.04 Å². The zero-order valence-electron chi connectivity index (χ0n) is 6.22. The van der Waals surface area contributed by atoms with E-state index in [1.807, 2.05) is 0 Å². The Balaban J connectivity index is 2.35. The summed E-state index contributed by atoms with van der Waals surface area (Å²) in [5.41, 5.74) is 0. The lowest BCUT2D eigenvalue weighted by Crippen LogP contribution is -2.33. The van der Waals surface area contributed by atoms with E-state index in [1.165, 1.54) is 6.54 Å². The quantitative estimate of drug-likeness (QED) is 0.511. The van der Waals surface area contributed by atoms with Crippen molar-refractivity contribution in [3.8, 4) is 0 Å². The molecular weight excluding hydrogens is 110 g/mol. The average molecular weight is 124 g/mol. The Kier molecular flexibility index (Phi) is 2.29. The molecule has 0 fully saturated rings. The first kappa shape index (κ1) is 6.81. The number of rotatable bonds is 1. The second kappa shape index (κ2) is 3.02. The summed E-state index contributed by atoms with van der Waals surface area (Å²) in [4.78, 5) is 2.44. The Morgan fingerprint density at radius 3 is 2.67 bits per heavy atom. The van der Waals surface area contributed by atoms with E-state index in [4.69, 9.17) is 0 Å². The Morgan fingerprint density at radius 1 is 1.56 bits per heavy atom. The van der Waals surface area contributed by atoms with Crippen LogP contribution in [-0.4, -0.2) is 24.0 Å². The van der Waals surface area contributed by atoms with Gasteiger partial charge in [0, 0.05) is 19.1 Å². The van der Waals surface area contributed by atoms with Gasteiger partial charge in [0.25, 0.3) is 0 Å². The molecule has 1 heteroatoms. The number of hydrogen-bond acceptors (Lipinski definition) is 1. The molecule has 0 saturated carbocycles. The van der Waals surface area contributed by atoms with Gasteiger partial charge in [-0.15, -0.1) is 0 Å². The molecule has 0 N–H and O–H groups in total. The highest BCUT2D eigenvalue weighted by Crippen LogP contribution is 2.03. The van der Waals surface area contributed by atoms with Crippen molar-refractivity contribution in [3.05, 3.63) is 12.2 Å². The maximum atomic E-state index is 3.20. The SMILES string of the molecule is CC(C)N1CC=[C]CC1. The molecule has 1 rings (SSSR count). The van der Waals surface area contributed by atoms with Gasteiger partial charge in [-0.05, 0) is 26.3 Å². The normalized spacial score (nSPS) is 21.2. The van der Waals surface area contributed by atoms with Gasteiger partial charge >= 0.3 is 0 Å². The maximum absolute atomic E-state index is 3.20. The first-order chi connectivity index (χ1) is 4.30. The third-order valence-corrected chi connectivity index (χ3v) is 1.74. The van der Waals surface area contributed by atoms with Crippen LogP contribution in [0, 0.1) is 6.08 Å². The van der Waals surface area contributed by atoms with Crippen LogP contribution in [0.1, 0.15) is 20.3 Å². The summed E-state index contributed by atoms with van der Waals surface area (Å²) < 4.78 is 0. The van der Waals surface area contributed by atoms with Crippen molar-refractivity contribution in [2.75, 3.05) is 13.1 Å². The predicted molar refractivity (Wildman–Crippen MR) is 39.1 cm³/mol. The van der Waals surface area contributed by atoms with Crippen molar-refractivity contribution in [1.29, 1.82) is 0 Å². The monoisotopic (exact) mass is 124 g/mol. The van der Waals surface area contributed by atoms with Gasteiger partial charge in [0.2, 0.25) is 0 Å². The molecule has 0 atom stereocenters. The first-order valence-electron chi connectivity index (χ1n) is 3.60. The van der Waals surface area contributed by atoms with Crippen molar-refractivity contribution in [2.45, 2.75) is 26.3 Å². The highest BCUT2D eigenvalue weighted by atomic mass is 15.1. The van der Waals surface area contributed by atoms with E-state index >= 15 is 0 Å². The van der Waals surface area contributed by atoms with Gasteiger partial charge in [-0.1, -0.05) is 6.08 Å². The molecule has 0 aromatic heterocycles. The molecule has 0 saturated heterocycles. The Bertz CT molecular complexity index is 105. The fourth-order valence-corrected chi connectivity index (χ4v) is 1.05. The molecule has 0 unspecified atom stereocenters. The molecule has 1 heterocycles. The predicted octanol–water partition coefficient (Wildman–Crippen LogP) is 1.46. The van der Waals surface area contributed by atoms with Crippen LogP contribution in [0.4, 0.5) is 0 Å². The van der Waals surface area contributed by atoms with Crippen molar-refractivity contribution >= 4 is 0 Å². The Morgan fingerprint density at radius 2 is 2.33 bits per heavy atom. The van der Waals surface area contributed by atoms with Crippen molar-refractivity contribution in [2.24, 2.45) is 0 Å². The lowest BCUT2D eigenvalue weighted by atomic mass is 10.2. The molecule has 0 aliphatic carbocycles. The highest BCUT2D eigenvalue weighted by molar-refractivity contribution is 4.85. The highest BCUT2D eigenvalue weighted by Gasteiger charge is 2.08. The summed E-state index contributed by atoms with van der Waals surface area (Å²) in [7, 11) is 0. The van der Waals surface area contributed by atoms with Gasteiger partial charge < -0.3 is 0 Å². The van der Waals surface area contributed by atoms with Crippen LogP contribution in [0.25, 0.3) is 0 Å². The van der Waals surface area contributed by atoms with Crippen molar-refractivity contribution < 1.29 is 0 Å². The number of nitrogens with zero attached hydrogens (tertiary/aromatic N) is 1. The third kappa shape index (κ3) is 1.83. The smallest absolute Gasteiger partial charge is 0.0171 e. The average Bonchev–Trinajstić information content (AvgIpc) is 1.90. The summed E-state index contributed by atoms with van der Waals surface area (Å²) in [6.45, 7) is 6.75. The zero-order chi connectivity index (χ0) is 6.69. The standard InChI is InChI=1S/C8H14N/c1-8(2)9-6-4-3-5-7-9/h4,8H,5-7H2,1-2H3. The molecular formula is C8H14N. The Labute approximate surface area is 57.4 Å². The molecule has 0 spiro atoms. The summed E-state index contributed by atoms with van der Waals surface area (Å²) in [6, 6.07) is 0.698. The second-order valence-electron chi connectivity index (χ2n) is 2.75. The van der Waals surface area contributed by atoms with Crippen LogP contribution in [0.2, 0.25) is 0 Å². The Hall–Kier alpha value is -0.300. The van der Waals surface area contributed by atoms with Gasteiger partial charge in [0.15, 0.2) is 0 Å². The maximum Gasteiger partial charge on any atom is 0.0171 e. The van der Waals surface area contributed by atoms with Crippen molar-refractivity contribution in [3.63, 3.8) is 0 Å². The van der Waals surface area contributed by atoms with Crippen LogP contribution in [0.3, 0.4) is 0 Å². The summed E-state index contributed by atoms with van der Waals surface area (Å²) in [6.07, 6.45) is 6.44. The van der Waals surface area contributed by atoms with Gasteiger partial charge in [0.05, 0.1) is 0 Å². The molecule has 0 amide bonds. The van der Waals surface area contributed by atoms with Crippen LogP contribution in [0.15, 0.2) is 6.08 Å². The molecule has 0 aromatic rings. The molecule has 1 aliphatic rings. The fourth-order valence-electron chi connectivity index (χ4n) is 1.05. The van der Waals surface area contributed by atoms with E-state index in [9.17, 15) is 0 Å². The van der Waals surface area contributed by atoms with Crippen LogP contribution >= 0.6 is 0 Å². The fraction of sp³-hybridized carbons (Fsp3) is 0.750.